The smallest absolute Gasteiger partial charge is 0.301 e. The van der Waals surface area contributed by atoms with Crippen molar-refractivity contribution in [3.05, 3.63) is 62.8 Å². The van der Waals surface area contributed by atoms with Gasteiger partial charge in [-0.3, -0.25) is 9.59 Å². The number of carbonyl (C=O) groups is 2. The van der Waals surface area contributed by atoms with Crippen LogP contribution in [0.4, 0.5) is 5.69 Å². The molecule has 0 saturated carbocycles. The number of rotatable bonds is 3. The second-order valence-corrected chi connectivity index (χ2v) is 6.36. The van der Waals surface area contributed by atoms with E-state index in [1.165, 1.54) is 43.5 Å². The molecule has 0 bridgehead atoms. The summed E-state index contributed by atoms with van der Waals surface area (Å²) in [7, 11) is 1.45. The van der Waals surface area contributed by atoms with Crippen LogP contribution < -0.4 is 9.64 Å². The van der Waals surface area contributed by atoms with Crippen molar-refractivity contribution in [1.82, 2.24) is 0 Å². The van der Waals surface area contributed by atoms with E-state index in [1.807, 2.05) is 0 Å². The molecule has 0 atom stereocenters. The van der Waals surface area contributed by atoms with Gasteiger partial charge in [-0.1, -0.05) is 40.9 Å². The van der Waals surface area contributed by atoms with Gasteiger partial charge in [0, 0.05) is 10.6 Å². The average molecular weight is 399 g/mol. The summed E-state index contributed by atoms with van der Waals surface area (Å²) in [6.07, 6.45) is 0. The molecule has 0 aliphatic carbocycles. The Morgan fingerprint density at radius 1 is 0.960 bits per heavy atom. The molecule has 2 aromatic rings. The third-order valence-electron chi connectivity index (χ3n) is 3.65. The van der Waals surface area contributed by atoms with Gasteiger partial charge in [0.25, 0.3) is 5.91 Å². The number of hydrogen-bond acceptors (Lipinski definition) is 4. The zero-order chi connectivity index (χ0) is 18.3. The van der Waals surface area contributed by atoms with Gasteiger partial charge in [0.15, 0.2) is 5.76 Å². The van der Waals surface area contributed by atoms with Crippen LogP contribution >= 0.6 is 34.8 Å². The molecule has 1 N–H and O–H groups in total. The first kappa shape index (κ1) is 17.6. The van der Waals surface area contributed by atoms with E-state index in [4.69, 9.17) is 39.5 Å². The van der Waals surface area contributed by atoms with E-state index in [-0.39, 0.29) is 26.9 Å². The van der Waals surface area contributed by atoms with Crippen LogP contribution in [0.5, 0.6) is 5.75 Å². The molecule has 0 aromatic heterocycles. The molecule has 0 fully saturated rings. The topological polar surface area (TPSA) is 66.8 Å². The Bertz CT molecular complexity index is 939. The zero-order valence-corrected chi connectivity index (χ0v) is 15.0. The highest BCUT2D eigenvalue weighted by Crippen LogP contribution is 2.37. The molecule has 1 aliphatic heterocycles. The van der Waals surface area contributed by atoms with E-state index in [1.54, 1.807) is 0 Å². The molecular weight excluding hydrogens is 389 g/mol. The number of carbonyl (C=O) groups excluding carboxylic acids is 2. The van der Waals surface area contributed by atoms with Crippen LogP contribution in [-0.4, -0.2) is 24.0 Å². The van der Waals surface area contributed by atoms with E-state index >= 15 is 0 Å². The highest BCUT2D eigenvalue weighted by atomic mass is 35.5. The second-order valence-electron chi connectivity index (χ2n) is 5.11. The minimum absolute atomic E-state index is 0.143. The van der Waals surface area contributed by atoms with Crippen LogP contribution in [0.1, 0.15) is 5.56 Å². The van der Waals surface area contributed by atoms with Gasteiger partial charge in [0.1, 0.15) is 5.75 Å². The lowest BCUT2D eigenvalue weighted by molar-refractivity contribution is -0.121. The number of imide groups is 1. The third kappa shape index (κ3) is 2.95. The Kier molecular flexibility index (Phi) is 4.64. The predicted octanol–water partition coefficient (Wildman–Crippen LogP) is 4.50. The van der Waals surface area contributed by atoms with Gasteiger partial charge in [-0.2, -0.15) is 0 Å². The monoisotopic (exact) mass is 397 g/mol. The first-order valence-corrected chi connectivity index (χ1v) is 8.09. The quantitative estimate of drug-likeness (QED) is 0.773. The van der Waals surface area contributed by atoms with E-state index in [2.05, 4.69) is 0 Å². The van der Waals surface area contributed by atoms with Crippen molar-refractivity contribution in [3.8, 4) is 5.75 Å². The molecule has 1 heterocycles. The van der Waals surface area contributed by atoms with E-state index in [9.17, 15) is 14.7 Å². The van der Waals surface area contributed by atoms with Gasteiger partial charge in [0.2, 0.25) is 0 Å². The molecule has 0 radical (unpaired) electrons. The lowest BCUT2D eigenvalue weighted by Gasteiger charge is -2.16. The Balaban J connectivity index is 2.06. The number of aliphatic hydroxyl groups is 1. The molecule has 128 valence electrons. The standard InChI is InChI=1S/C17H10Cl3NO4/c1-25-13-5-3-9(7-12(13)20)21-16(23)14(15(22)17(21)24)10-4-2-8(18)6-11(10)19/h2-7,22H,1H3. The minimum atomic E-state index is -0.868. The lowest BCUT2D eigenvalue weighted by atomic mass is 10.1. The van der Waals surface area contributed by atoms with Crippen LogP contribution in [0.25, 0.3) is 5.57 Å². The number of amides is 2. The van der Waals surface area contributed by atoms with E-state index < -0.39 is 17.6 Å². The molecule has 0 unspecified atom stereocenters. The van der Waals surface area contributed by atoms with Crippen molar-refractivity contribution in [2.45, 2.75) is 0 Å². The maximum atomic E-state index is 12.8. The molecule has 2 amide bonds. The summed E-state index contributed by atoms with van der Waals surface area (Å²) < 4.78 is 5.04. The summed E-state index contributed by atoms with van der Waals surface area (Å²) in [5.41, 5.74) is 0.218. The molecule has 0 spiro atoms. The largest absolute Gasteiger partial charge is 0.502 e. The highest BCUT2D eigenvalue weighted by molar-refractivity contribution is 6.47. The number of halogens is 3. The van der Waals surface area contributed by atoms with Gasteiger partial charge >= 0.3 is 5.91 Å². The van der Waals surface area contributed by atoms with E-state index in [0.29, 0.717) is 10.8 Å². The lowest BCUT2D eigenvalue weighted by Crippen LogP contribution is -2.31. The first-order chi connectivity index (χ1) is 11.8. The van der Waals surface area contributed by atoms with Crippen molar-refractivity contribution in [1.29, 1.82) is 0 Å². The maximum absolute atomic E-state index is 12.8. The number of anilines is 1. The maximum Gasteiger partial charge on any atom is 0.301 e. The average Bonchev–Trinajstić information content (AvgIpc) is 2.78. The number of methoxy groups -OCH3 is 1. The number of benzene rings is 2. The summed E-state index contributed by atoms with van der Waals surface area (Å²) >= 11 is 18.0. The fraction of sp³-hybridized carbons (Fsp3) is 0.0588. The number of hydrogen-bond donors (Lipinski definition) is 1. The highest BCUT2D eigenvalue weighted by Gasteiger charge is 2.41. The van der Waals surface area contributed by atoms with Crippen LogP contribution in [0.3, 0.4) is 0 Å². The van der Waals surface area contributed by atoms with Gasteiger partial charge in [-0.15, -0.1) is 0 Å². The van der Waals surface area contributed by atoms with Gasteiger partial charge < -0.3 is 9.84 Å². The molecule has 3 rings (SSSR count). The summed E-state index contributed by atoms with van der Waals surface area (Å²) in [6, 6.07) is 8.79. The summed E-state index contributed by atoms with van der Waals surface area (Å²) in [5, 5.41) is 10.9. The fourth-order valence-electron chi connectivity index (χ4n) is 2.48. The molecule has 5 nitrogen and oxygen atoms in total. The van der Waals surface area contributed by atoms with Gasteiger partial charge in [0.05, 0.1) is 28.4 Å². The van der Waals surface area contributed by atoms with Crippen LogP contribution in [0.2, 0.25) is 15.1 Å². The molecular formula is C17H10Cl3NO4. The van der Waals surface area contributed by atoms with Crippen molar-refractivity contribution in [3.63, 3.8) is 0 Å². The Labute approximate surface area is 158 Å². The molecule has 0 saturated heterocycles. The van der Waals surface area contributed by atoms with Gasteiger partial charge in [-0.05, 0) is 30.3 Å². The summed E-state index contributed by atoms with van der Waals surface area (Å²) in [4.78, 5) is 26.0. The third-order valence-corrected chi connectivity index (χ3v) is 4.50. The second kappa shape index (κ2) is 6.59. The molecule has 8 heteroatoms. The minimum Gasteiger partial charge on any atom is -0.502 e. The molecule has 25 heavy (non-hydrogen) atoms. The Morgan fingerprint density at radius 3 is 2.28 bits per heavy atom. The number of ether oxygens (including phenoxy) is 1. The summed E-state index contributed by atoms with van der Waals surface area (Å²) in [6.45, 7) is 0. The molecule has 1 aliphatic rings. The van der Waals surface area contributed by atoms with Crippen molar-refractivity contribution >= 4 is 57.9 Å². The van der Waals surface area contributed by atoms with E-state index in [0.717, 1.165) is 4.90 Å². The van der Waals surface area contributed by atoms with Gasteiger partial charge in [-0.25, -0.2) is 4.90 Å². The zero-order valence-electron chi connectivity index (χ0n) is 12.7. The van der Waals surface area contributed by atoms with Crippen LogP contribution in [0, 0.1) is 0 Å². The van der Waals surface area contributed by atoms with Crippen molar-refractivity contribution in [2.24, 2.45) is 0 Å². The normalized spacial score (nSPS) is 14.5. The fourth-order valence-corrected chi connectivity index (χ4v) is 3.24. The Hall–Kier alpha value is -2.21. The summed E-state index contributed by atoms with van der Waals surface area (Å²) in [5.74, 6) is -1.89. The SMILES string of the molecule is COc1ccc(N2C(=O)C(O)=C(c3ccc(Cl)cc3Cl)C2=O)cc1Cl. The first-order valence-electron chi connectivity index (χ1n) is 6.96. The number of nitrogens with zero attached hydrogens (tertiary/aromatic N) is 1. The van der Waals surface area contributed by atoms with Crippen LogP contribution in [-0.2, 0) is 9.59 Å². The Morgan fingerprint density at radius 2 is 1.68 bits per heavy atom. The predicted molar refractivity (Wildman–Crippen MR) is 96.5 cm³/mol. The van der Waals surface area contributed by atoms with Crippen molar-refractivity contribution in [2.75, 3.05) is 12.0 Å². The number of aliphatic hydroxyl groups excluding tert-OH is 1. The molecule has 2 aromatic carbocycles. The van der Waals surface area contributed by atoms with Crippen LogP contribution in [0.15, 0.2) is 42.2 Å². The van der Waals surface area contributed by atoms with Crippen molar-refractivity contribution < 1.29 is 19.4 Å².